The number of aromatic nitrogens is 4. The Morgan fingerprint density at radius 3 is 2.27 bits per heavy atom. The normalized spacial score (nSPS) is 10.5. The first-order valence-electron chi connectivity index (χ1n) is 8.10. The molecule has 0 saturated heterocycles. The molecule has 0 fully saturated rings. The Morgan fingerprint density at radius 1 is 1.23 bits per heavy atom. The largest absolute Gasteiger partial charge is 0.481 e. The molecule has 26 heavy (non-hydrogen) atoms. The predicted octanol–water partition coefficient (Wildman–Crippen LogP) is 1.81. The van der Waals surface area contributed by atoms with Crippen LogP contribution >= 0.6 is 0 Å². The molecule has 140 valence electrons. The summed E-state index contributed by atoms with van der Waals surface area (Å²) < 4.78 is 6.08. The van der Waals surface area contributed by atoms with Gasteiger partial charge in [-0.1, -0.05) is 4.68 Å². The highest BCUT2D eigenvalue weighted by Gasteiger charge is 2.21. The van der Waals surface area contributed by atoms with Crippen molar-refractivity contribution in [3.8, 4) is 11.4 Å². The minimum absolute atomic E-state index is 0.0539. The average molecular weight is 361 g/mol. The van der Waals surface area contributed by atoms with Gasteiger partial charge in [0.1, 0.15) is 12.1 Å². The Labute approximate surface area is 152 Å². The van der Waals surface area contributed by atoms with Crippen molar-refractivity contribution in [2.75, 3.05) is 7.11 Å². The number of ether oxygens (including phenoxy) is 1. The Bertz CT molecular complexity index is 743. The van der Waals surface area contributed by atoms with Crippen molar-refractivity contribution in [1.82, 2.24) is 15.1 Å². The van der Waals surface area contributed by atoms with Crippen LogP contribution < -0.4 is 4.68 Å². The minimum atomic E-state index is -0.836. The van der Waals surface area contributed by atoms with Crippen LogP contribution in [0.5, 0.6) is 0 Å². The second kappa shape index (κ2) is 9.55. The summed E-state index contributed by atoms with van der Waals surface area (Å²) >= 11 is 0. The van der Waals surface area contributed by atoms with E-state index in [0.717, 1.165) is 11.3 Å². The Morgan fingerprint density at radius 2 is 1.85 bits per heavy atom. The zero-order valence-corrected chi connectivity index (χ0v) is 15.8. The van der Waals surface area contributed by atoms with Gasteiger partial charge in [0.2, 0.25) is 0 Å². The number of carboxylic acid groups (broad SMARTS) is 1. The summed E-state index contributed by atoms with van der Waals surface area (Å²) in [5, 5.41) is 12.9. The van der Waals surface area contributed by atoms with Crippen molar-refractivity contribution < 1.29 is 24.1 Å². The minimum Gasteiger partial charge on any atom is -0.481 e. The van der Waals surface area contributed by atoms with Crippen LogP contribution in [0.2, 0.25) is 0 Å². The smallest absolute Gasteiger partial charge is 0.310 e. The quantitative estimate of drug-likeness (QED) is 0.654. The van der Waals surface area contributed by atoms with Crippen LogP contribution in [0.25, 0.3) is 11.4 Å². The van der Waals surface area contributed by atoms with E-state index in [2.05, 4.69) is 19.8 Å². The molecule has 0 atom stereocenters. The Hall–Kier alpha value is -2.90. The Kier molecular flexibility index (Phi) is 7.77. The molecule has 0 amide bonds. The maximum Gasteiger partial charge on any atom is 0.310 e. The fraction of sp³-hybridized carbons (Fsp3) is 0.444. The summed E-state index contributed by atoms with van der Waals surface area (Å²) in [5.41, 5.74) is 1.27. The Balaban J connectivity index is 0.000000359. The van der Waals surface area contributed by atoms with Gasteiger partial charge in [-0.2, -0.15) is 0 Å². The topological polar surface area (TPSA) is 106 Å². The lowest BCUT2D eigenvalue weighted by Gasteiger charge is -2.13. The first-order valence-corrected chi connectivity index (χ1v) is 8.10. The first kappa shape index (κ1) is 21.1. The number of methoxy groups -OCH3 is 1. The lowest BCUT2D eigenvalue weighted by atomic mass is 9.98. The van der Waals surface area contributed by atoms with Crippen LogP contribution in [0.3, 0.4) is 0 Å². The molecule has 8 nitrogen and oxygen atoms in total. The highest BCUT2D eigenvalue weighted by Crippen LogP contribution is 2.15. The standard InChI is InChI=1S/C12H12N4O2.C6H12O2/c1-9-10(12-13-5-2-6-14-12)3-7-16(15-9)8-4-11(17)18;1-6(2,3)5(7)8-4/h2-3,5-7H,4,8H2,1H3;1-4H3/p+1. The molecular formula is C18H25N4O4+. The van der Waals surface area contributed by atoms with E-state index < -0.39 is 5.97 Å². The van der Waals surface area contributed by atoms with Gasteiger partial charge in [0.15, 0.2) is 18.6 Å². The predicted molar refractivity (Wildman–Crippen MR) is 93.9 cm³/mol. The molecule has 0 aliphatic carbocycles. The van der Waals surface area contributed by atoms with Crippen molar-refractivity contribution in [2.45, 2.75) is 40.7 Å². The average Bonchev–Trinajstić information content (AvgIpc) is 2.59. The molecule has 2 rings (SSSR count). The number of rotatable bonds is 4. The molecule has 0 aromatic carbocycles. The number of esters is 1. The van der Waals surface area contributed by atoms with Crippen LogP contribution in [0.4, 0.5) is 0 Å². The van der Waals surface area contributed by atoms with Crippen molar-refractivity contribution in [3.63, 3.8) is 0 Å². The van der Waals surface area contributed by atoms with Crippen LogP contribution in [0, 0.1) is 12.3 Å². The van der Waals surface area contributed by atoms with Crippen molar-refractivity contribution >= 4 is 11.9 Å². The third kappa shape index (κ3) is 6.92. The fourth-order valence-electron chi connectivity index (χ4n) is 1.88. The van der Waals surface area contributed by atoms with Crippen LogP contribution in [0.1, 0.15) is 32.9 Å². The van der Waals surface area contributed by atoms with Crippen LogP contribution in [-0.2, 0) is 20.9 Å². The van der Waals surface area contributed by atoms with Gasteiger partial charge in [-0.05, 0) is 38.9 Å². The lowest BCUT2D eigenvalue weighted by Crippen LogP contribution is -2.39. The van der Waals surface area contributed by atoms with Gasteiger partial charge in [-0.15, -0.1) is 0 Å². The SMILES string of the molecule is COC(=O)C(C)(C)C.Cc1n[n+](CCC(=O)O)ccc1-c1ncccn1. The molecule has 0 bridgehead atoms. The highest BCUT2D eigenvalue weighted by atomic mass is 16.5. The summed E-state index contributed by atoms with van der Waals surface area (Å²) in [6.07, 6.45) is 5.14. The molecule has 0 aliphatic rings. The summed E-state index contributed by atoms with van der Waals surface area (Å²) in [6, 6.07) is 3.60. The van der Waals surface area contributed by atoms with E-state index in [-0.39, 0.29) is 17.8 Å². The molecule has 0 aliphatic heterocycles. The van der Waals surface area contributed by atoms with E-state index in [4.69, 9.17) is 5.11 Å². The third-order valence-corrected chi connectivity index (χ3v) is 3.24. The zero-order chi connectivity index (χ0) is 19.7. The molecule has 0 unspecified atom stereocenters. The van der Waals surface area contributed by atoms with E-state index in [1.165, 1.54) is 7.11 Å². The molecule has 0 saturated carbocycles. The van der Waals surface area contributed by atoms with E-state index in [9.17, 15) is 9.59 Å². The van der Waals surface area contributed by atoms with Gasteiger partial charge in [0, 0.05) is 18.5 Å². The lowest BCUT2D eigenvalue weighted by molar-refractivity contribution is -0.753. The molecular weight excluding hydrogens is 336 g/mol. The van der Waals surface area contributed by atoms with Crippen LogP contribution in [-0.4, -0.2) is 39.2 Å². The number of hydrogen-bond acceptors (Lipinski definition) is 6. The van der Waals surface area contributed by atoms with Gasteiger partial charge < -0.3 is 9.84 Å². The summed E-state index contributed by atoms with van der Waals surface area (Å²) in [6.45, 7) is 7.66. The number of carboxylic acids is 1. The number of carbonyl (C=O) groups excluding carboxylic acids is 1. The van der Waals surface area contributed by atoms with E-state index in [0.29, 0.717) is 12.4 Å². The first-order chi connectivity index (χ1) is 12.1. The van der Waals surface area contributed by atoms with Crippen molar-refractivity contribution in [1.29, 1.82) is 0 Å². The van der Waals surface area contributed by atoms with E-state index in [1.54, 1.807) is 29.3 Å². The van der Waals surface area contributed by atoms with Gasteiger partial charge in [0.05, 0.1) is 18.1 Å². The van der Waals surface area contributed by atoms with Crippen molar-refractivity contribution in [3.05, 3.63) is 36.4 Å². The summed E-state index contributed by atoms with van der Waals surface area (Å²) in [5.74, 6) is -0.386. The second-order valence-corrected chi connectivity index (χ2v) is 6.54. The van der Waals surface area contributed by atoms with Crippen molar-refractivity contribution in [2.24, 2.45) is 5.41 Å². The number of carbonyl (C=O) groups is 2. The summed E-state index contributed by atoms with van der Waals surface area (Å²) in [7, 11) is 1.40. The van der Waals surface area contributed by atoms with Gasteiger partial charge in [-0.25, -0.2) is 9.97 Å². The maximum absolute atomic E-state index is 10.6. The number of hydrogen-bond donors (Lipinski definition) is 1. The molecule has 2 aromatic heterocycles. The van der Waals surface area contributed by atoms with Gasteiger partial charge in [-0.3, -0.25) is 9.59 Å². The monoisotopic (exact) mass is 361 g/mol. The molecule has 0 radical (unpaired) electrons. The second-order valence-electron chi connectivity index (χ2n) is 6.54. The van der Waals surface area contributed by atoms with Crippen LogP contribution in [0.15, 0.2) is 30.7 Å². The molecule has 1 N–H and O–H groups in total. The zero-order valence-electron chi connectivity index (χ0n) is 15.8. The summed E-state index contributed by atoms with van der Waals surface area (Å²) in [4.78, 5) is 29.4. The molecule has 2 aromatic rings. The number of aliphatic carboxylic acids is 1. The van der Waals surface area contributed by atoms with E-state index >= 15 is 0 Å². The molecule has 0 spiro atoms. The third-order valence-electron chi connectivity index (χ3n) is 3.24. The fourth-order valence-corrected chi connectivity index (χ4v) is 1.88. The maximum atomic E-state index is 10.6. The highest BCUT2D eigenvalue weighted by molar-refractivity contribution is 5.75. The molecule has 8 heteroatoms. The molecule has 2 heterocycles. The number of nitrogens with zero attached hydrogens (tertiary/aromatic N) is 4. The van der Waals surface area contributed by atoms with Gasteiger partial charge >= 0.3 is 11.9 Å². The van der Waals surface area contributed by atoms with Gasteiger partial charge in [0.25, 0.3) is 0 Å². The number of aryl methyl sites for hydroxylation is 2. The van der Waals surface area contributed by atoms with E-state index in [1.807, 2.05) is 33.8 Å².